The molecule has 1 aromatic carbocycles. The normalized spacial score (nSPS) is 18.9. The smallest absolute Gasteiger partial charge is 0.282 e. The number of aliphatic hydroxyl groups excluding tert-OH is 1. The van der Waals surface area contributed by atoms with Crippen LogP contribution >= 0.6 is 0 Å². The molecule has 20 heavy (non-hydrogen) atoms. The number of nitro benzene ring substituents is 1. The zero-order valence-electron chi connectivity index (χ0n) is 11.0. The van der Waals surface area contributed by atoms with Crippen LogP contribution < -0.4 is 5.73 Å². The van der Waals surface area contributed by atoms with Crippen molar-refractivity contribution < 1.29 is 14.8 Å². The monoisotopic (exact) mass is 279 g/mol. The Hall–Kier alpha value is -2.15. The van der Waals surface area contributed by atoms with Crippen molar-refractivity contribution in [1.29, 1.82) is 0 Å². The Morgan fingerprint density at radius 2 is 2.25 bits per heavy atom. The number of nitrogen functional groups attached to an aromatic ring is 1. The lowest BCUT2D eigenvalue weighted by atomic mass is 10.0. The summed E-state index contributed by atoms with van der Waals surface area (Å²) in [5, 5.41) is 20.4. The minimum absolute atomic E-state index is 0.0182. The molecule has 1 aromatic rings. The lowest BCUT2D eigenvalue weighted by Crippen LogP contribution is -2.45. The Morgan fingerprint density at radius 3 is 2.90 bits per heavy atom. The zero-order chi connectivity index (χ0) is 14.7. The highest BCUT2D eigenvalue weighted by molar-refractivity contribution is 5.99. The molecule has 0 aromatic heterocycles. The summed E-state index contributed by atoms with van der Waals surface area (Å²) in [5.41, 5.74) is 5.65. The van der Waals surface area contributed by atoms with Crippen molar-refractivity contribution in [2.45, 2.75) is 25.3 Å². The summed E-state index contributed by atoms with van der Waals surface area (Å²) in [5.74, 6) is -0.442. The van der Waals surface area contributed by atoms with Crippen LogP contribution in [-0.4, -0.2) is 40.0 Å². The predicted octanol–water partition coefficient (Wildman–Crippen LogP) is 1.16. The highest BCUT2D eigenvalue weighted by Crippen LogP contribution is 2.26. The van der Waals surface area contributed by atoms with Crippen LogP contribution in [-0.2, 0) is 0 Å². The second-order valence-corrected chi connectivity index (χ2v) is 4.86. The second-order valence-electron chi connectivity index (χ2n) is 4.86. The summed E-state index contributed by atoms with van der Waals surface area (Å²) in [4.78, 5) is 24.4. The molecule has 0 spiro atoms. The average molecular weight is 279 g/mol. The van der Waals surface area contributed by atoms with Crippen molar-refractivity contribution in [3.63, 3.8) is 0 Å². The number of aliphatic hydroxyl groups is 1. The molecule has 108 valence electrons. The third kappa shape index (κ3) is 2.72. The van der Waals surface area contributed by atoms with Crippen molar-refractivity contribution in [3.05, 3.63) is 33.9 Å². The van der Waals surface area contributed by atoms with E-state index in [1.165, 1.54) is 23.1 Å². The molecule has 7 nitrogen and oxygen atoms in total. The number of carbonyl (C=O) groups is 1. The number of nitrogens with zero attached hydrogens (tertiary/aromatic N) is 2. The molecule has 1 atom stereocenters. The first-order chi connectivity index (χ1) is 9.54. The van der Waals surface area contributed by atoms with Gasteiger partial charge < -0.3 is 15.7 Å². The van der Waals surface area contributed by atoms with E-state index in [-0.39, 0.29) is 23.9 Å². The fraction of sp³-hybridized carbons (Fsp3) is 0.462. The Morgan fingerprint density at radius 1 is 1.50 bits per heavy atom. The number of rotatable bonds is 3. The lowest BCUT2D eigenvalue weighted by Gasteiger charge is -2.34. The average Bonchev–Trinajstić information content (AvgIpc) is 2.46. The van der Waals surface area contributed by atoms with E-state index in [1.807, 2.05) is 0 Å². The standard InChI is InChI=1S/C13H17N3O4/c14-9-4-5-12(16(19)20)11(7-9)13(18)15-6-2-1-3-10(15)8-17/h4-5,7,10,17H,1-3,6,8,14H2. The maximum Gasteiger partial charge on any atom is 0.282 e. The van der Waals surface area contributed by atoms with E-state index in [1.54, 1.807) is 0 Å². The number of piperidine rings is 1. The van der Waals surface area contributed by atoms with Gasteiger partial charge in [0.25, 0.3) is 11.6 Å². The third-order valence-electron chi connectivity index (χ3n) is 3.55. The van der Waals surface area contributed by atoms with E-state index in [4.69, 9.17) is 5.73 Å². The SMILES string of the molecule is Nc1ccc([N+](=O)[O-])c(C(=O)N2CCCCC2CO)c1. The Labute approximate surface area is 116 Å². The first-order valence-corrected chi connectivity index (χ1v) is 6.50. The number of likely N-dealkylation sites (tertiary alicyclic amines) is 1. The number of amides is 1. The van der Waals surface area contributed by atoms with Gasteiger partial charge in [0.15, 0.2) is 0 Å². The molecule has 1 unspecified atom stereocenters. The van der Waals surface area contributed by atoms with Gasteiger partial charge in [0.05, 0.1) is 17.6 Å². The van der Waals surface area contributed by atoms with Crippen LogP contribution in [0.2, 0.25) is 0 Å². The number of hydrogen-bond acceptors (Lipinski definition) is 5. The molecule has 0 bridgehead atoms. The van der Waals surface area contributed by atoms with Gasteiger partial charge in [-0.25, -0.2) is 0 Å². The van der Waals surface area contributed by atoms with Gasteiger partial charge in [-0.1, -0.05) is 0 Å². The molecule has 0 saturated carbocycles. The largest absolute Gasteiger partial charge is 0.399 e. The van der Waals surface area contributed by atoms with Crippen LogP contribution in [0.3, 0.4) is 0 Å². The molecular formula is C13H17N3O4. The number of benzene rings is 1. The fourth-order valence-corrected chi connectivity index (χ4v) is 2.50. The van der Waals surface area contributed by atoms with Crippen molar-refractivity contribution >= 4 is 17.3 Å². The van der Waals surface area contributed by atoms with E-state index in [2.05, 4.69) is 0 Å². The van der Waals surface area contributed by atoms with Crippen LogP contribution in [0.15, 0.2) is 18.2 Å². The molecule has 0 aliphatic carbocycles. The molecule has 7 heteroatoms. The van der Waals surface area contributed by atoms with Crippen molar-refractivity contribution in [2.75, 3.05) is 18.9 Å². The lowest BCUT2D eigenvalue weighted by molar-refractivity contribution is -0.385. The van der Waals surface area contributed by atoms with Gasteiger partial charge in [0.1, 0.15) is 5.56 Å². The maximum atomic E-state index is 12.5. The van der Waals surface area contributed by atoms with Crippen LogP contribution in [0, 0.1) is 10.1 Å². The van der Waals surface area contributed by atoms with Crippen LogP contribution in [0.1, 0.15) is 29.6 Å². The molecular weight excluding hydrogens is 262 g/mol. The number of carbonyl (C=O) groups excluding carboxylic acids is 1. The molecule has 3 N–H and O–H groups in total. The van der Waals surface area contributed by atoms with E-state index >= 15 is 0 Å². The van der Waals surface area contributed by atoms with Gasteiger partial charge in [-0.3, -0.25) is 14.9 Å². The van der Waals surface area contributed by atoms with Crippen molar-refractivity contribution in [3.8, 4) is 0 Å². The first kappa shape index (κ1) is 14.3. The fourth-order valence-electron chi connectivity index (χ4n) is 2.50. The molecule has 1 aliphatic rings. The minimum atomic E-state index is -0.593. The molecule has 1 aliphatic heterocycles. The number of anilines is 1. The van der Waals surface area contributed by atoms with E-state index in [9.17, 15) is 20.0 Å². The minimum Gasteiger partial charge on any atom is -0.399 e. The summed E-state index contributed by atoms with van der Waals surface area (Å²) in [6.45, 7) is 0.359. The Bertz CT molecular complexity index is 532. The van der Waals surface area contributed by atoms with Gasteiger partial charge in [-0.2, -0.15) is 0 Å². The first-order valence-electron chi connectivity index (χ1n) is 6.50. The summed E-state index contributed by atoms with van der Waals surface area (Å²) in [6, 6.07) is 3.68. The second kappa shape index (κ2) is 5.87. The van der Waals surface area contributed by atoms with E-state index < -0.39 is 10.8 Å². The van der Waals surface area contributed by atoms with Crippen LogP contribution in [0.25, 0.3) is 0 Å². The zero-order valence-corrected chi connectivity index (χ0v) is 11.0. The summed E-state index contributed by atoms with van der Waals surface area (Å²) in [7, 11) is 0. The van der Waals surface area contributed by atoms with Gasteiger partial charge >= 0.3 is 0 Å². The molecule has 0 radical (unpaired) electrons. The van der Waals surface area contributed by atoms with Crippen molar-refractivity contribution in [1.82, 2.24) is 4.90 Å². The molecule has 2 rings (SSSR count). The Kier molecular flexibility index (Phi) is 4.19. The summed E-state index contributed by atoms with van der Waals surface area (Å²) in [6.07, 6.45) is 2.48. The van der Waals surface area contributed by atoms with E-state index in [0.717, 1.165) is 12.8 Å². The van der Waals surface area contributed by atoms with Crippen LogP contribution in [0.5, 0.6) is 0 Å². The highest BCUT2D eigenvalue weighted by Gasteiger charge is 2.31. The van der Waals surface area contributed by atoms with Gasteiger partial charge in [-0.05, 0) is 31.4 Å². The molecule has 1 fully saturated rings. The summed E-state index contributed by atoms with van der Waals surface area (Å²) < 4.78 is 0. The number of hydrogen-bond donors (Lipinski definition) is 2. The number of nitro groups is 1. The van der Waals surface area contributed by atoms with Gasteiger partial charge in [0.2, 0.25) is 0 Å². The van der Waals surface area contributed by atoms with Gasteiger partial charge in [0, 0.05) is 18.3 Å². The van der Waals surface area contributed by atoms with E-state index in [0.29, 0.717) is 18.7 Å². The quantitative estimate of drug-likeness (QED) is 0.490. The van der Waals surface area contributed by atoms with Crippen molar-refractivity contribution in [2.24, 2.45) is 0 Å². The molecule has 1 heterocycles. The Balaban J connectivity index is 2.36. The maximum absolute atomic E-state index is 12.5. The number of nitrogens with two attached hydrogens (primary N) is 1. The summed E-state index contributed by atoms with van der Waals surface area (Å²) >= 11 is 0. The highest BCUT2D eigenvalue weighted by atomic mass is 16.6. The van der Waals surface area contributed by atoms with Crippen LogP contribution in [0.4, 0.5) is 11.4 Å². The predicted molar refractivity (Wildman–Crippen MR) is 73.3 cm³/mol. The third-order valence-corrected chi connectivity index (χ3v) is 3.55. The van der Waals surface area contributed by atoms with Gasteiger partial charge in [-0.15, -0.1) is 0 Å². The topological polar surface area (TPSA) is 110 Å². The molecule has 1 amide bonds. The molecule has 1 saturated heterocycles.